The lowest BCUT2D eigenvalue weighted by atomic mass is 10.1. The summed E-state index contributed by atoms with van der Waals surface area (Å²) in [6.07, 6.45) is 0.0587. The third-order valence-corrected chi connectivity index (χ3v) is 2.65. The number of carbonyl (C=O) groups is 2. The molecule has 0 spiro atoms. The fraction of sp³-hybridized carbons (Fsp3) is 0.333. The van der Waals surface area contributed by atoms with Crippen molar-refractivity contribution >= 4 is 17.5 Å². The number of hydrogen-bond acceptors (Lipinski definition) is 3. The molecule has 0 radical (unpaired) electrons. The first-order chi connectivity index (χ1) is 8.65. The van der Waals surface area contributed by atoms with Crippen LogP contribution in [-0.2, 0) is 9.59 Å². The van der Waals surface area contributed by atoms with Gasteiger partial charge in [-0.1, -0.05) is 0 Å². The van der Waals surface area contributed by atoms with Crippen LogP contribution in [0.5, 0.6) is 0 Å². The Labute approximate surface area is 104 Å². The maximum absolute atomic E-state index is 12.7. The van der Waals surface area contributed by atoms with Gasteiger partial charge < -0.3 is 16.0 Å². The van der Waals surface area contributed by atoms with E-state index in [9.17, 15) is 14.0 Å². The average Bonchev–Trinajstić information content (AvgIpc) is 2.35. The van der Waals surface area contributed by atoms with Gasteiger partial charge in [-0.2, -0.15) is 0 Å². The lowest BCUT2D eigenvalue weighted by Gasteiger charge is -2.22. The summed E-state index contributed by atoms with van der Waals surface area (Å²) in [7, 11) is 0. The molecule has 1 aliphatic rings. The van der Waals surface area contributed by atoms with Crippen LogP contribution in [0.1, 0.15) is 6.42 Å². The van der Waals surface area contributed by atoms with Crippen LogP contribution in [0.3, 0.4) is 0 Å². The van der Waals surface area contributed by atoms with Crippen molar-refractivity contribution < 1.29 is 14.0 Å². The minimum atomic E-state index is -0.501. The van der Waals surface area contributed by atoms with E-state index in [1.807, 2.05) is 0 Å². The van der Waals surface area contributed by atoms with E-state index in [-0.39, 0.29) is 24.1 Å². The third-order valence-electron chi connectivity index (χ3n) is 2.65. The summed E-state index contributed by atoms with van der Waals surface area (Å²) in [5, 5.41) is 8.25. The molecule has 0 aromatic heterocycles. The van der Waals surface area contributed by atoms with Gasteiger partial charge in [0.1, 0.15) is 5.82 Å². The van der Waals surface area contributed by atoms with Gasteiger partial charge in [0.2, 0.25) is 11.8 Å². The van der Waals surface area contributed by atoms with E-state index in [0.29, 0.717) is 18.8 Å². The molecule has 0 bridgehead atoms. The lowest BCUT2D eigenvalue weighted by molar-refractivity contribution is -0.127. The molecule has 3 N–H and O–H groups in total. The summed E-state index contributed by atoms with van der Waals surface area (Å²) in [6.45, 7) is 1.23. The third kappa shape index (κ3) is 3.27. The second-order valence-electron chi connectivity index (χ2n) is 4.06. The van der Waals surface area contributed by atoms with E-state index in [4.69, 9.17) is 0 Å². The molecule has 0 unspecified atom stereocenters. The Hall–Kier alpha value is -1.95. The standard InChI is InChI=1S/C12H14FN3O2/c13-8-1-3-9(4-2-8)16-11(17)7-10-12(18)15-6-5-14-10/h1-4,10,14H,5-7H2,(H,15,18)(H,16,17)/t10-/m0/s1. The van der Waals surface area contributed by atoms with Crippen molar-refractivity contribution in [1.29, 1.82) is 0 Å². The Kier molecular flexibility index (Phi) is 3.88. The molecule has 5 nitrogen and oxygen atoms in total. The number of nitrogens with one attached hydrogen (secondary N) is 3. The first-order valence-electron chi connectivity index (χ1n) is 5.71. The van der Waals surface area contributed by atoms with Crippen molar-refractivity contribution in [3.05, 3.63) is 30.1 Å². The maximum Gasteiger partial charge on any atom is 0.237 e. The molecule has 1 heterocycles. The Morgan fingerprint density at radius 3 is 2.72 bits per heavy atom. The van der Waals surface area contributed by atoms with Gasteiger partial charge in [-0.25, -0.2) is 4.39 Å². The fourth-order valence-electron chi connectivity index (χ4n) is 1.74. The Morgan fingerprint density at radius 1 is 1.33 bits per heavy atom. The van der Waals surface area contributed by atoms with E-state index in [0.717, 1.165) is 0 Å². The number of anilines is 1. The summed E-state index contributed by atoms with van der Waals surface area (Å²) >= 11 is 0. The second kappa shape index (κ2) is 5.59. The first kappa shape index (κ1) is 12.5. The molecule has 2 rings (SSSR count). The number of piperazine rings is 1. The van der Waals surface area contributed by atoms with E-state index in [1.54, 1.807) is 0 Å². The number of halogens is 1. The molecule has 2 amide bonds. The Morgan fingerprint density at radius 2 is 2.06 bits per heavy atom. The zero-order valence-electron chi connectivity index (χ0n) is 9.70. The number of carbonyl (C=O) groups excluding carboxylic acids is 2. The van der Waals surface area contributed by atoms with Gasteiger partial charge in [0.05, 0.1) is 12.5 Å². The van der Waals surface area contributed by atoms with Crippen molar-refractivity contribution in [2.24, 2.45) is 0 Å². The molecule has 1 atom stereocenters. The molecule has 96 valence electrons. The van der Waals surface area contributed by atoms with Gasteiger partial charge in [-0.15, -0.1) is 0 Å². The number of amides is 2. The SMILES string of the molecule is O=C(C[C@@H]1NCCNC1=O)Nc1ccc(F)cc1. The van der Waals surface area contributed by atoms with Crippen LogP contribution in [0.2, 0.25) is 0 Å². The highest BCUT2D eigenvalue weighted by atomic mass is 19.1. The lowest BCUT2D eigenvalue weighted by Crippen LogP contribution is -2.53. The largest absolute Gasteiger partial charge is 0.353 e. The highest BCUT2D eigenvalue weighted by Gasteiger charge is 2.23. The molecular formula is C12H14FN3O2. The first-order valence-corrected chi connectivity index (χ1v) is 5.71. The van der Waals surface area contributed by atoms with Gasteiger partial charge in [-0.3, -0.25) is 9.59 Å². The summed E-state index contributed by atoms with van der Waals surface area (Å²) in [4.78, 5) is 23.1. The molecule has 1 aliphatic heterocycles. The number of hydrogen-bond donors (Lipinski definition) is 3. The van der Waals surface area contributed by atoms with Gasteiger partial charge in [0.25, 0.3) is 0 Å². The summed E-state index contributed by atoms with van der Waals surface area (Å²) < 4.78 is 12.7. The fourth-order valence-corrected chi connectivity index (χ4v) is 1.74. The minimum absolute atomic E-state index is 0.0587. The van der Waals surface area contributed by atoms with Gasteiger partial charge in [0.15, 0.2) is 0 Å². The predicted octanol–water partition coefficient (Wildman–Crippen LogP) is 0.242. The highest BCUT2D eigenvalue weighted by molar-refractivity contribution is 5.95. The van der Waals surface area contributed by atoms with Crippen LogP contribution < -0.4 is 16.0 Å². The second-order valence-corrected chi connectivity index (χ2v) is 4.06. The molecule has 18 heavy (non-hydrogen) atoms. The van der Waals surface area contributed by atoms with Gasteiger partial charge >= 0.3 is 0 Å². The molecule has 1 saturated heterocycles. The van der Waals surface area contributed by atoms with Gasteiger partial charge in [0, 0.05) is 18.8 Å². The summed E-state index contributed by atoms with van der Waals surface area (Å²) in [5.74, 6) is -0.812. The maximum atomic E-state index is 12.7. The summed E-state index contributed by atoms with van der Waals surface area (Å²) in [6, 6.07) is 4.98. The van der Waals surface area contributed by atoms with Crippen molar-refractivity contribution in [2.75, 3.05) is 18.4 Å². The van der Waals surface area contributed by atoms with Crippen LogP contribution >= 0.6 is 0 Å². The van der Waals surface area contributed by atoms with Crippen molar-refractivity contribution in [3.63, 3.8) is 0 Å². The minimum Gasteiger partial charge on any atom is -0.353 e. The van der Waals surface area contributed by atoms with E-state index >= 15 is 0 Å². The quantitative estimate of drug-likeness (QED) is 0.721. The zero-order valence-corrected chi connectivity index (χ0v) is 9.70. The van der Waals surface area contributed by atoms with E-state index < -0.39 is 6.04 Å². The van der Waals surface area contributed by atoms with Crippen molar-refractivity contribution in [3.8, 4) is 0 Å². The van der Waals surface area contributed by atoms with Crippen LogP contribution in [0.15, 0.2) is 24.3 Å². The zero-order chi connectivity index (χ0) is 13.0. The highest BCUT2D eigenvalue weighted by Crippen LogP contribution is 2.09. The molecular weight excluding hydrogens is 237 g/mol. The van der Waals surface area contributed by atoms with Crippen LogP contribution in [0, 0.1) is 5.82 Å². The van der Waals surface area contributed by atoms with E-state index in [2.05, 4.69) is 16.0 Å². The number of rotatable bonds is 3. The van der Waals surface area contributed by atoms with E-state index in [1.165, 1.54) is 24.3 Å². The van der Waals surface area contributed by atoms with Crippen LogP contribution in [0.25, 0.3) is 0 Å². The predicted molar refractivity (Wildman–Crippen MR) is 64.4 cm³/mol. The monoisotopic (exact) mass is 251 g/mol. The Balaban J connectivity index is 1.88. The van der Waals surface area contributed by atoms with Crippen LogP contribution in [-0.4, -0.2) is 30.9 Å². The molecule has 1 aromatic rings. The molecule has 1 fully saturated rings. The smallest absolute Gasteiger partial charge is 0.237 e. The summed E-state index contributed by atoms with van der Waals surface area (Å²) in [5.41, 5.74) is 0.512. The normalized spacial score (nSPS) is 19.2. The van der Waals surface area contributed by atoms with Crippen molar-refractivity contribution in [1.82, 2.24) is 10.6 Å². The topological polar surface area (TPSA) is 70.2 Å². The molecule has 6 heteroatoms. The molecule has 0 aliphatic carbocycles. The number of benzene rings is 1. The van der Waals surface area contributed by atoms with Crippen LogP contribution in [0.4, 0.5) is 10.1 Å². The molecule has 0 saturated carbocycles. The average molecular weight is 251 g/mol. The molecule has 1 aromatic carbocycles. The van der Waals surface area contributed by atoms with Gasteiger partial charge in [-0.05, 0) is 24.3 Å². The Bertz CT molecular complexity index is 447. The van der Waals surface area contributed by atoms with Crippen molar-refractivity contribution in [2.45, 2.75) is 12.5 Å².